The fourth-order valence-electron chi connectivity index (χ4n) is 2.83. The molecule has 1 saturated heterocycles. The van der Waals surface area contributed by atoms with Crippen LogP contribution in [0, 0.1) is 5.92 Å². The van der Waals surface area contributed by atoms with Crippen LogP contribution in [0.25, 0.3) is 10.1 Å². The molecule has 3 nitrogen and oxygen atoms in total. The first-order chi connectivity index (χ1) is 9.65. The zero-order valence-electron chi connectivity index (χ0n) is 11.6. The molecule has 0 radical (unpaired) electrons. The third-order valence-electron chi connectivity index (χ3n) is 4.06. The smallest absolute Gasteiger partial charge is 0.263 e. The lowest BCUT2D eigenvalue weighted by Gasteiger charge is -2.33. The van der Waals surface area contributed by atoms with Crippen LogP contribution >= 0.6 is 11.3 Å². The molecule has 2 heterocycles. The van der Waals surface area contributed by atoms with Crippen LogP contribution in [0.1, 0.15) is 29.4 Å². The predicted molar refractivity (Wildman–Crippen MR) is 82.1 cm³/mol. The third-order valence-corrected chi connectivity index (χ3v) is 5.17. The number of amides is 1. The number of carbonyl (C=O) groups is 1. The Morgan fingerprint density at radius 3 is 3.00 bits per heavy atom. The Hall–Kier alpha value is -1.39. The molecule has 2 atom stereocenters. The van der Waals surface area contributed by atoms with Gasteiger partial charge in [0.25, 0.3) is 5.91 Å². The summed E-state index contributed by atoms with van der Waals surface area (Å²) in [5.41, 5.74) is 0. The van der Waals surface area contributed by atoms with Crippen molar-refractivity contribution in [1.82, 2.24) is 4.90 Å². The van der Waals surface area contributed by atoms with Crippen molar-refractivity contribution < 1.29 is 9.90 Å². The number of nitrogens with zero attached hydrogens (tertiary/aromatic N) is 1. The summed E-state index contributed by atoms with van der Waals surface area (Å²) in [7, 11) is 0. The van der Waals surface area contributed by atoms with Gasteiger partial charge in [-0.1, -0.05) is 18.2 Å². The van der Waals surface area contributed by atoms with E-state index in [-0.39, 0.29) is 17.9 Å². The molecule has 4 heteroatoms. The molecule has 0 aliphatic carbocycles. The molecular weight excluding hydrogens is 270 g/mol. The summed E-state index contributed by atoms with van der Waals surface area (Å²) in [6, 6.07) is 10.1. The van der Waals surface area contributed by atoms with Crippen molar-refractivity contribution in [2.24, 2.45) is 5.92 Å². The highest BCUT2D eigenvalue weighted by atomic mass is 32.1. The van der Waals surface area contributed by atoms with Crippen molar-refractivity contribution in [2.75, 3.05) is 13.1 Å². The normalized spacial score (nSPS) is 21.1. The number of piperidine rings is 1. The number of aliphatic hydroxyl groups excluding tert-OH is 1. The maximum atomic E-state index is 12.6. The molecule has 1 aromatic heterocycles. The minimum absolute atomic E-state index is 0.108. The molecular formula is C16H19NO2S. The second kappa shape index (κ2) is 5.54. The van der Waals surface area contributed by atoms with E-state index in [1.807, 2.05) is 42.2 Å². The summed E-state index contributed by atoms with van der Waals surface area (Å²) in [4.78, 5) is 15.3. The van der Waals surface area contributed by atoms with Crippen LogP contribution in [0.3, 0.4) is 0 Å². The lowest BCUT2D eigenvalue weighted by Crippen LogP contribution is -2.42. The first kappa shape index (κ1) is 13.6. The fraction of sp³-hybridized carbons (Fsp3) is 0.438. The summed E-state index contributed by atoms with van der Waals surface area (Å²) >= 11 is 1.55. The number of aliphatic hydroxyl groups is 1. The van der Waals surface area contributed by atoms with E-state index in [4.69, 9.17) is 0 Å². The number of benzene rings is 1. The first-order valence-electron chi connectivity index (χ1n) is 7.11. The van der Waals surface area contributed by atoms with E-state index in [9.17, 15) is 9.90 Å². The molecule has 1 aliphatic heterocycles. The van der Waals surface area contributed by atoms with Gasteiger partial charge in [-0.05, 0) is 37.3 Å². The first-order valence-corrected chi connectivity index (χ1v) is 7.93. The molecule has 0 bridgehead atoms. The summed E-state index contributed by atoms with van der Waals surface area (Å²) in [6.45, 7) is 3.29. The van der Waals surface area contributed by atoms with Crippen LogP contribution in [0.15, 0.2) is 30.3 Å². The van der Waals surface area contributed by atoms with Gasteiger partial charge in [0.1, 0.15) is 0 Å². The van der Waals surface area contributed by atoms with Gasteiger partial charge in [0.15, 0.2) is 0 Å². The highest BCUT2D eigenvalue weighted by Crippen LogP contribution is 2.28. The lowest BCUT2D eigenvalue weighted by atomic mass is 9.93. The summed E-state index contributed by atoms with van der Waals surface area (Å²) in [6.07, 6.45) is 1.65. The van der Waals surface area contributed by atoms with Gasteiger partial charge in [-0.25, -0.2) is 0 Å². The van der Waals surface area contributed by atoms with Gasteiger partial charge in [-0.15, -0.1) is 11.3 Å². The Kier molecular flexibility index (Phi) is 3.76. The fourth-order valence-corrected chi connectivity index (χ4v) is 3.86. The van der Waals surface area contributed by atoms with Crippen LogP contribution in [-0.4, -0.2) is 35.1 Å². The Bertz CT molecular complexity index is 587. The largest absolute Gasteiger partial charge is 0.393 e. The monoisotopic (exact) mass is 289 g/mol. The number of rotatable bonds is 2. The maximum Gasteiger partial charge on any atom is 0.263 e. The molecule has 2 aromatic rings. The molecule has 20 heavy (non-hydrogen) atoms. The van der Waals surface area contributed by atoms with E-state index in [0.717, 1.165) is 34.3 Å². The molecule has 1 amide bonds. The topological polar surface area (TPSA) is 40.5 Å². The van der Waals surface area contributed by atoms with Gasteiger partial charge in [-0.2, -0.15) is 0 Å². The molecule has 106 valence electrons. The Morgan fingerprint density at radius 2 is 2.25 bits per heavy atom. The SMILES string of the molecule is CC(O)C1CCCN(C(=O)c2cc3ccccc3s2)C1. The molecule has 0 spiro atoms. The second-order valence-electron chi connectivity index (χ2n) is 5.54. The van der Waals surface area contributed by atoms with E-state index in [1.165, 1.54) is 0 Å². The Labute approximate surface area is 122 Å². The van der Waals surface area contributed by atoms with E-state index in [0.29, 0.717) is 6.54 Å². The van der Waals surface area contributed by atoms with Gasteiger partial charge < -0.3 is 10.0 Å². The molecule has 1 aliphatic rings. The number of hydrogen-bond donors (Lipinski definition) is 1. The number of likely N-dealkylation sites (tertiary alicyclic amines) is 1. The zero-order valence-corrected chi connectivity index (χ0v) is 12.4. The molecule has 1 N–H and O–H groups in total. The van der Waals surface area contributed by atoms with Crippen LogP contribution in [0.5, 0.6) is 0 Å². The standard InChI is InChI=1S/C16H19NO2S/c1-11(18)13-6-4-8-17(10-13)16(19)15-9-12-5-2-3-7-14(12)20-15/h2-3,5,7,9,11,13,18H,4,6,8,10H2,1H3. The average molecular weight is 289 g/mol. The minimum atomic E-state index is -0.340. The van der Waals surface area contributed by atoms with E-state index < -0.39 is 0 Å². The zero-order chi connectivity index (χ0) is 14.1. The minimum Gasteiger partial charge on any atom is -0.393 e. The molecule has 2 unspecified atom stereocenters. The van der Waals surface area contributed by atoms with Crippen molar-refractivity contribution >= 4 is 27.3 Å². The highest BCUT2D eigenvalue weighted by molar-refractivity contribution is 7.20. The summed E-state index contributed by atoms with van der Waals surface area (Å²) in [5, 5.41) is 10.9. The Morgan fingerprint density at radius 1 is 1.45 bits per heavy atom. The molecule has 1 fully saturated rings. The van der Waals surface area contributed by atoms with Crippen molar-refractivity contribution in [1.29, 1.82) is 0 Å². The quantitative estimate of drug-likeness (QED) is 0.922. The van der Waals surface area contributed by atoms with Gasteiger partial charge in [0.05, 0.1) is 11.0 Å². The molecule has 0 saturated carbocycles. The molecule has 3 rings (SSSR count). The van der Waals surface area contributed by atoms with Crippen LogP contribution in [0.2, 0.25) is 0 Å². The highest BCUT2D eigenvalue weighted by Gasteiger charge is 2.27. The Balaban J connectivity index is 1.81. The number of hydrogen-bond acceptors (Lipinski definition) is 3. The lowest BCUT2D eigenvalue weighted by molar-refractivity contribution is 0.0470. The van der Waals surface area contributed by atoms with E-state index >= 15 is 0 Å². The van der Waals surface area contributed by atoms with Crippen molar-refractivity contribution in [3.8, 4) is 0 Å². The average Bonchev–Trinajstić information content (AvgIpc) is 2.90. The van der Waals surface area contributed by atoms with E-state index in [2.05, 4.69) is 0 Å². The molecule has 1 aromatic carbocycles. The van der Waals surface area contributed by atoms with Crippen LogP contribution < -0.4 is 0 Å². The second-order valence-corrected chi connectivity index (χ2v) is 6.63. The van der Waals surface area contributed by atoms with Gasteiger partial charge in [0, 0.05) is 23.7 Å². The number of carbonyl (C=O) groups excluding carboxylic acids is 1. The summed E-state index contributed by atoms with van der Waals surface area (Å²) in [5.74, 6) is 0.318. The summed E-state index contributed by atoms with van der Waals surface area (Å²) < 4.78 is 1.15. The number of thiophene rings is 1. The predicted octanol–water partition coefficient (Wildman–Crippen LogP) is 3.13. The van der Waals surface area contributed by atoms with Crippen molar-refractivity contribution in [2.45, 2.75) is 25.9 Å². The van der Waals surface area contributed by atoms with Gasteiger partial charge in [-0.3, -0.25) is 4.79 Å². The van der Waals surface area contributed by atoms with Crippen LogP contribution in [0.4, 0.5) is 0 Å². The third kappa shape index (κ3) is 2.58. The van der Waals surface area contributed by atoms with Crippen LogP contribution in [-0.2, 0) is 0 Å². The van der Waals surface area contributed by atoms with Crippen molar-refractivity contribution in [3.63, 3.8) is 0 Å². The van der Waals surface area contributed by atoms with Gasteiger partial charge >= 0.3 is 0 Å². The maximum absolute atomic E-state index is 12.6. The van der Waals surface area contributed by atoms with Gasteiger partial charge in [0.2, 0.25) is 0 Å². The van der Waals surface area contributed by atoms with Crippen molar-refractivity contribution in [3.05, 3.63) is 35.2 Å². The number of fused-ring (bicyclic) bond motifs is 1. The van der Waals surface area contributed by atoms with E-state index in [1.54, 1.807) is 11.3 Å².